The van der Waals surface area contributed by atoms with Gasteiger partial charge in [0.05, 0.1) is 13.2 Å². The van der Waals surface area contributed by atoms with E-state index in [4.69, 9.17) is 4.74 Å². The van der Waals surface area contributed by atoms with Crippen molar-refractivity contribution in [2.45, 2.75) is 26.7 Å². The van der Waals surface area contributed by atoms with Gasteiger partial charge in [0, 0.05) is 13.1 Å². The Morgan fingerprint density at radius 1 is 1.16 bits per heavy atom. The minimum absolute atomic E-state index is 0.377. The van der Waals surface area contributed by atoms with E-state index >= 15 is 0 Å². The summed E-state index contributed by atoms with van der Waals surface area (Å²) >= 11 is 0. The molecule has 0 spiro atoms. The van der Waals surface area contributed by atoms with Crippen LogP contribution in [0.25, 0.3) is 0 Å². The lowest BCUT2D eigenvalue weighted by atomic mass is 9.79. The number of nitrogens with zero attached hydrogens (tertiary/aromatic N) is 2. The summed E-state index contributed by atoms with van der Waals surface area (Å²) in [5, 5.41) is 5.02. The van der Waals surface area contributed by atoms with Crippen LogP contribution in [-0.2, 0) is 14.3 Å². The molecule has 19 heavy (non-hydrogen) atoms. The third-order valence-corrected chi connectivity index (χ3v) is 3.93. The molecule has 2 heterocycles. The zero-order chi connectivity index (χ0) is 14.0. The second-order valence-corrected chi connectivity index (χ2v) is 4.73. The van der Waals surface area contributed by atoms with Crippen LogP contribution in [0.1, 0.15) is 26.7 Å². The molecular weight excluding hydrogens is 250 g/mol. The van der Waals surface area contributed by atoms with Gasteiger partial charge in [-0.3, -0.25) is 14.9 Å². The van der Waals surface area contributed by atoms with Crippen molar-refractivity contribution in [2.75, 3.05) is 26.3 Å². The average Bonchev–Trinajstić information content (AvgIpc) is 2.41. The molecule has 2 aliphatic heterocycles. The molecule has 0 atom stereocenters. The third-order valence-electron chi connectivity index (χ3n) is 3.93. The van der Waals surface area contributed by atoms with E-state index < -0.39 is 23.3 Å². The number of hydrogen-bond acceptors (Lipinski definition) is 5. The lowest BCUT2D eigenvalue weighted by Gasteiger charge is -2.43. The summed E-state index contributed by atoms with van der Waals surface area (Å²) in [7, 11) is 0. The maximum absolute atomic E-state index is 12.6. The fourth-order valence-electron chi connectivity index (χ4n) is 2.55. The fraction of sp³-hybridized carbons (Fsp3) is 0.750. The average molecular weight is 269 g/mol. The Bertz CT molecular complexity index is 400. The zero-order valence-corrected chi connectivity index (χ0v) is 11.3. The highest BCUT2D eigenvalue weighted by molar-refractivity contribution is 6.18. The molecule has 0 aromatic carbocycles. The van der Waals surface area contributed by atoms with Gasteiger partial charge in [-0.15, -0.1) is 0 Å². The highest BCUT2D eigenvalue weighted by Crippen LogP contribution is 2.33. The molecule has 7 nitrogen and oxygen atoms in total. The molecule has 2 saturated heterocycles. The Kier molecular flexibility index (Phi) is 3.86. The molecule has 0 aromatic heterocycles. The molecule has 0 saturated carbocycles. The number of carbonyl (C=O) groups excluding carboxylic acids is 3. The smallest absolute Gasteiger partial charge is 0.345 e. The van der Waals surface area contributed by atoms with Gasteiger partial charge in [0.2, 0.25) is 5.91 Å². The lowest BCUT2D eigenvalue weighted by molar-refractivity contribution is -0.168. The molecule has 106 valence electrons. The number of morpholine rings is 1. The van der Waals surface area contributed by atoms with Crippen molar-refractivity contribution in [2.24, 2.45) is 5.41 Å². The Labute approximate surface area is 111 Å². The molecule has 4 amide bonds. The molecule has 2 rings (SSSR count). The first-order valence-corrected chi connectivity index (χ1v) is 6.59. The third kappa shape index (κ3) is 2.12. The Hall–Kier alpha value is -1.47. The van der Waals surface area contributed by atoms with Crippen molar-refractivity contribution in [3.63, 3.8) is 0 Å². The van der Waals surface area contributed by atoms with E-state index in [9.17, 15) is 14.4 Å². The van der Waals surface area contributed by atoms with Gasteiger partial charge in [-0.2, -0.15) is 5.01 Å². The number of urea groups is 1. The topological polar surface area (TPSA) is 79.0 Å². The number of hydrogen-bond donors (Lipinski definition) is 1. The van der Waals surface area contributed by atoms with Gasteiger partial charge in [0.15, 0.2) is 0 Å². The van der Waals surface area contributed by atoms with Crippen LogP contribution in [0.2, 0.25) is 0 Å². The predicted octanol–water partition coefficient (Wildman–Crippen LogP) is 0.118. The van der Waals surface area contributed by atoms with Crippen molar-refractivity contribution in [3.8, 4) is 0 Å². The number of hydrazine groups is 1. The molecule has 2 fully saturated rings. The molecular formula is C12H19N3O4. The summed E-state index contributed by atoms with van der Waals surface area (Å²) in [6.45, 7) is 5.45. The predicted molar refractivity (Wildman–Crippen MR) is 65.8 cm³/mol. The number of rotatable bonds is 3. The van der Waals surface area contributed by atoms with Crippen LogP contribution in [-0.4, -0.2) is 54.2 Å². The molecule has 0 aromatic rings. The molecule has 0 aliphatic carbocycles. The standard InChI is InChI=1S/C12H19N3O4/c1-3-12(4-2)9(16)13-11(18)15(10(12)17)14-5-7-19-8-6-14/h3-8H2,1-2H3,(H,13,16,18). The van der Waals surface area contributed by atoms with Crippen LogP contribution >= 0.6 is 0 Å². The summed E-state index contributed by atoms with van der Waals surface area (Å²) in [5.41, 5.74) is -1.13. The lowest BCUT2D eigenvalue weighted by Crippen LogP contribution is -2.68. The first-order valence-electron chi connectivity index (χ1n) is 6.59. The van der Waals surface area contributed by atoms with E-state index in [2.05, 4.69) is 5.32 Å². The van der Waals surface area contributed by atoms with E-state index in [0.29, 0.717) is 39.1 Å². The van der Waals surface area contributed by atoms with Gasteiger partial charge in [-0.25, -0.2) is 9.80 Å². The maximum atomic E-state index is 12.6. The Balaban J connectivity index is 2.29. The summed E-state index contributed by atoms with van der Waals surface area (Å²) in [6, 6.07) is -0.658. The van der Waals surface area contributed by atoms with Crippen molar-refractivity contribution in [1.82, 2.24) is 15.3 Å². The van der Waals surface area contributed by atoms with Crippen molar-refractivity contribution < 1.29 is 19.1 Å². The summed E-state index contributed by atoms with van der Waals surface area (Å²) in [5.74, 6) is -0.912. The molecule has 7 heteroatoms. The van der Waals surface area contributed by atoms with Crippen LogP contribution < -0.4 is 5.32 Å². The zero-order valence-electron chi connectivity index (χ0n) is 11.3. The van der Waals surface area contributed by atoms with E-state index in [1.165, 1.54) is 0 Å². The van der Waals surface area contributed by atoms with Gasteiger partial charge in [-0.05, 0) is 12.8 Å². The van der Waals surface area contributed by atoms with Crippen LogP contribution in [0.5, 0.6) is 0 Å². The molecule has 2 aliphatic rings. The maximum Gasteiger partial charge on any atom is 0.345 e. The van der Waals surface area contributed by atoms with E-state index in [1.54, 1.807) is 18.9 Å². The van der Waals surface area contributed by atoms with Gasteiger partial charge in [-0.1, -0.05) is 13.8 Å². The summed E-state index contributed by atoms with van der Waals surface area (Å²) in [4.78, 5) is 36.5. The van der Waals surface area contributed by atoms with Crippen LogP contribution in [0.4, 0.5) is 4.79 Å². The van der Waals surface area contributed by atoms with E-state index in [-0.39, 0.29) is 0 Å². The molecule has 0 unspecified atom stereocenters. The number of nitrogens with one attached hydrogen (secondary N) is 1. The van der Waals surface area contributed by atoms with Gasteiger partial charge >= 0.3 is 6.03 Å². The second-order valence-electron chi connectivity index (χ2n) is 4.73. The summed E-state index contributed by atoms with van der Waals surface area (Å²) in [6.07, 6.45) is 0.755. The SMILES string of the molecule is CCC1(CC)C(=O)NC(=O)N(N2CCOCC2)C1=O. The number of amides is 4. The first kappa shape index (κ1) is 14.0. The Morgan fingerprint density at radius 2 is 1.74 bits per heavy atom. The van der Waals surface area contributed by atoms with Gasteiger partial charge in [0.1, 0.15) is 5.41 Å². The highest BCUT2D eigenvalue weighted by atomic mass is 16.5. The molecule has 0 bridgehead atoms. The summed E-state index contributed by atoms with van der Waals surface area (Å²) < 4.78 is 5.21. The van der Waals surface area contributed by atoms with E-state index in [0.717, 1.165) is 5.01 Å². The monoisotopic (exact) mass is 269 g/mol. The molecule has 1 N–H and O–H groups in total. The van der Waals surface area contributed by atoms with Gasteiger partial charge < -0.3 is 4.74 Å². The van der Waals surface area contributed by atoms with Crippen LogP contribution in [0, 0.1) is 5.41 Å². The first-order chi connectivity index (χ1) is 9.06. The van der Waals surface area contributed by atoms with Crippen molar-refractivity contribution >= 4 is 17.8 Å². The quantitative estimate of drug-likeness (QED) is 0.736. The van der Waals surface area contributed by atoms with Crippen LogP contribution in [0.3, 0.4) is 0 Å². The molecule has 0 radical (unpaired) electrons. The van der Waals surface area contributed by atoms with Crippen LogP contribution in [0.15, 0.2) is 0 Å². The van der Waals surface area contributed by atoms with Crippen molar-refractivity contribution in [1.29, 1.82) is 0 Å². The number of barbiturate groups is 1. The number of imide groups is 2. The van der Waals surface area contributed by atoms with Gasteiger partial charge in [0.25, 0.3) is 5.91 Å². The largest absolute Gasteiger partial charge is 0.379 e. The fourth-order valence-corrected chi connectivity index (χ4v) is 2.55. The van der Waals surface area contributed by atoms with Crippen molar-refractivity contribution in [3.05, 3.63) is 0 Å². The minimum atomic E-state index is -1.13. The number of carbonyl (C=O) groups is 3. The number of ether oxygens (including phenoxy) is 1. The van der Waals surface area contributed by atoms with E-state index in [1.807, 2.05) is 0 Å². The second kappa shape index (κ2) is 5.26. The minimum Gasteiger partial charge on any atom is -0.379 e. The normalized spacial score (nSPS) is 24.5. The highest BCUT2D eigenvalue weighted by Gasteiger charge is 2.53. The Morgan fingerprint density at radius 3 is 2.26 bits per heavy atom.